The molecule has 0 radical (unpaired) electrons. The summed E-state index contributed by atoms with van der Waals surface area (Å²) in [6, 6.07) is -0.551. The predicted octanol–water partition coefficient (Wildman–Crippen LogP) is -0.753. The maximum Gasteiger partial charge on any atom is 0.238 e. The highest BCUT2D eigenvalue weighted by Gasteiger charge is 2.36. The Kier molecular flexibility index (Phi) is 5.59. The fraction of sp³-hybridized carbons (Fsp3) is 0.923. The second-order valence-electron chi connectivity index (χ2n) is 5.85. The molecule has 2 aliphatic rings. The van der Waals surface area contributed by atoms with Crippen molar-refractivity contribution in [1.82, 2.24) is 14.5 Å². The Morgan fingerprint density at radius 2 is 2.00 bits per heavy atom. The number of ether oxygens (including phenoxy) is 1. The molecule has 2 rings (SSSR count). The summed E-state index contributed by atoms with van der Waals surface area (Å²) in [6.45, 7) is 6.36. The van der Waals surface area contributed by atoms with Gasteiger partial charge in [-0.25, -0.2) is 8.42 Å². The van der Waals surface area contributed by atoms with Crippen LogP contribution in [0.3, 0.4) is 0 Å². The number of morpholine rings is 1. The molecular weight excluding hydrogens is 294 g/mol. The van der Waals surface area contributed by atoms with Crippen LogP contribution >= 0.6 is 0 Å². The van der Waals surface area contributed by atoms with Gasteiger partial charge in [-0.3, -0.25) is 9.69 Å². The third-order valence-electron chi connectivity index (χ3n) is 3.96. The number of carbonyl (C=O) groups excluding carboxylic acids is 1. The molecule has 21 heavy (non-hydrogen) atoms. The van der Waals surface area contributed by atoms with Crippen molar-refractivity contribution in [2.75, 3.05) is 45.6 Å². The average molecular weight is 319 g/mol. The highest BCUT2D eigenvalue weighted by Crippen LogP contribution is 2.20. The van der Waals surface area contributed by atoms with Crippen molar-refractivity contribution in [2.45, 2.75) is 31.8 Å². The smallest absolute Gasteiger partial charge is 0.238 e. The van der Waals surface area contributed by atoms with Crippen molar-refractivity contribution in [2.24, 2.45) is 0 Å². The van der Waals surface area contributed by atoms with E-state index in [1.54, 1.807) is 0 Å². The van der Waals surface area contributed by atoms with Crippen LogP contribution in [-0.4, -0.2) is 81.3 Å². The summed E-state index contributed by atoms with van der Waals surface area (Å²) in [4.78, 5) is 14.5. The molecule has 0 aromatic heterocycles. The maximum atomic E-state index is 12.3. The molecule has 2 saturated heterocycles. The van der Waals surface area contributed by atoms with Crippen LogP contribution in [0.1, 0.15) is 19.8 Å². The first-order chi connectivity index (χ1) is 9.88. The largest absolute Gasteiger partial charge is 0.379 e. The quantitative estimate of drug-likeness (QED) is 0.721. The lowest BCUT2D eigenvalue weighted by molar-refractivity contribution is -0.125. The van der Waals surface area contributed by atoms with Gasteiger partial charge in [-0.1, -0.05) is 0 Å². The van der Waals surface area contributed by atoms with E-state index in [2.05, 4.69) is 10.2 Å². The molecule has 0 aromatic rings. The maximum absolute atomic E-state index is 12.3. The number of sulfonamides is 1. The molecule has 8 heteroatoms. The van der Waals surface area contributed by atoms with Crippen molar-refractivity contribution in [3.63, 3.8) is 0 Å². The number of nitrogens with one attached hydrogen (secondary N) is 1. The van der Waals surface area contributed by atoms with Gasteiger partial charge in [0.2, 0.25) is 15.9 Å². The second kappa shape index (κ2) is 7.04. The second-order valence-corrected chi connectivity index (χ2v) is 7.79. The first kappa shape index (κ1) is 16.7. The lowest BCUT2D eigenvalue weighted by atomic mass is 10.2. The molecular formula is C13H25N3O4S. The predicted molar refractivity (Wildman–Crippen MR) is 79.4 cm³/mol. The molecule has 7 nitrogen and oxygen atoms in total. The van der Waals surface area contributed by atoms with E-state index >= 15 is 0 Å². The van der Waals surface area contributed by atoms with E-state index in [1.165, 1.54) is 4.31 Å². The van der Waals surface area contributed by atoms with E-state index in [-0.39, 0.29) is 11.9 Å². The fourth-order valence-electron chi connectivity index (χ4n) is 2.95. The van der Waals surface area contributed by atoms with Crippen LogP contribution in [-0.2, 0) is 19.6 Å². The third-order valence-corrected chi connectivity index (χ3v) is 5.25. The zero-order chi connectivity index (χ0) is 15.5. The minimum atomic E-state index is -3.31. The number of rotatable bonds is 5. The van der Waals surface area contributed by atoms with Gasteiger partial charge in [-0.2, -0.15) is 4.31 Å². The summed E-state index contributed by atoms with van der Waals surface area (Å²) in [7, 11) is -3.31. The van der Waals surface area contributed by atoms with Crippen LogP contribution in [0, 0.1) is 0 Å². The van der Waals surface area contributed by atoms with E-state index in [0.29, 0.717) is 13.0 Å². The Bertz CT molecular complexity index is 462. The minimum Gasteiger partial charge on any atom is -0.379 e. The third kappa shape index (κ3) is 4.64. The van der Waals surface area contributed by atoms with E-state index in [4.69, 9.17) is 4.74 Å². The number of hydrogen-bond donors (Lipinski definition) is 1. The number of carbonyl (C=O) groups is 1. The molecule has 2 heterocycles. The summed E-state index contributed by atoms with van der Waals surface area (Å²) in [5.41, 5.74) is 0. The van der Waals surface area contributed by atoms with Crippen LogP contribution in [0.2, 0.25) is 0 Å². The van der Waals surface area contributed by atoms with Crippen LogP contribution in [0.5, 0.6) is 0 Å². The molecule has 0 bridgehead atoms. The number of nitrogens with zero attached hydrogens (tertiary/aromatic N) is 2. The standard InChI is InChI=1S/C13H25N3O4S/c1-11(10-15-6-8-20-9-7-15)14-13(17)12-4-3-5-16(12)21(2,18)19/h11-12H,3-10H2,1-2H3,(H,14,17)/t11-,12-/m1/s1. The van der Waals surface area contributed by atoms with Crippen molar-refractivity contribution < 1.29 is 17.9 Å². The molecule has 0 aromatic carbocycles. The van der Waals surface area contributed by atoms with E-state index < -0.39 is 16.1 Å². The lowest BCUT2D eigenvalue weighted by Gasteiger charge is -2.30. The van der Waals surface area contributed by atoms with Crippen LogP contribution in [0.25, 0.3) is 0 Å². The van der Waals surface area contributed by atoms with Crippen LogP contribution < -0.4 is 5.32 Å². The Labute approximate surface area is 126 Å². The van der Waals surface area contributed by atoms with Gasteiger partial charge in [-0.15, -0.1) is 0 Å². The molecule has 2 fully saturated rings. The molecule has 0 saturated carbocycles. The average Bonchev–Trinajstić information content (AvgIpc) is 2.88. The van der Waals surface area contributed by atoms with Crippen molar-refractivity contribution >= 4 is 15.9 Å². The fourth-order valence-corrected chi connectivity index (χ4v) is 4.08. The molecule has 1 N–H and O–H groups in total. The van der Waals surface area contributed by atoms with Gasteiger partial charge in [0.15, 0.2) is 0 Å². The zero-order valence-corrected chi connectivity index (χ0v) is 13.6. The highest BCUT2D eigenvalue weighted by molar-refractivity contribution is 7.88. The monoisotopic (exact) mass is 319 g/mol. The van der Waals surface area contributed by atoms with Crippen molar-refractivity contribution in [3.8, 4) is 0 Å². The normalized spacial score (nSPS) is 26.7. The van der Waals surface area contributed by atoms with Gasteiger partial charge < -0.3 is 10.1 Å². The summed E-state index contributed by atoms with van der Waals surface area (Å²) >= 11 is 0. The van der Waals surface area contributed by atoms with Gasteiger partial charge in [0.05, 0.1) is 19.5 Å². The van der Waals surface area contributed by atoms with Crippen molar-refractivity contribution in [1.29, 1.82) is 0 Å². The minimum absolute atomic E-state index is 0.00221. The number of amides is 1. The molecule has 1 amide bonds. The Balaban J connectivity index is 1.85. The first-order valence-electron chi connectivity index (χ1n) is 7.45. The first-order valence-corrected chi connectivity index (χ1v) is 9.30. The Hall–Kier alpha value is -0.700. The summed E-state index contributed by atoms with van der Waals surface area (Å²) in [6.07, 6.45) is 2.50. The van der Waals surface area contributed by atoms with E-state index in [1.807, 2.05) is 6.92 Å². The molecule has 2 aliphatic heterocycles. The number of hydrogen-bond acceptors (Lipinski definition) is 5. The highest BCUT2D eigenvalue weighted by atomic mass is 32.2. The zero-order valence-electron chi connectivity index (χ0n) is 12.7. The summed E-state index contributed by atoms with van der Waals surface area (Å²) < 4.78 is 30.0. The van der Waals surface area contributed by atoms with Gasteiger partial charge in [0, 0.05) is 32.2 Å². The molecule has 0 spiro atoms. The molecule has 0 unspecified atom stereocenters. The molecule has 122 valence electrons. The molecule has 0 aliphatic carbocycles. The van der Waals surface area contributed by atoms with Gasteiger partial charge >= 0.3 is 0 Å². The van der Waals surface area contributed by atoms with Crippen molar-refractivity contribution in [3.05, 3.63) is 0 Å². The Morgan fingerprint density at radius 1 is 1.33 bits per heavy atom. The van der Waals surface area contributed by atoms with E-state index in [0.717, 1.165) is 45.5 Å². The van der Waals surface area contributed by atoms with Crippen LogP contribution in [0.4, 0.5) is 0 Å². The van der Waals surface area contributed by atoms with Gasteiger partial charge in [-0.05, 0) is 19.8 Å². The van der Waals surface area contributed by atoms with E-state index in [9.17, 15) is 13.2 Å². The Morgan fingerprint density at radius 3 is 2.62 bits per heavy atom. The van der Waals surface area contributed by atoms with Crippen LogP contribution in [0.15, 0.2) is 0 Å². The topological polar surface area (TPSA) is 79.0 Å². The lowest BCUT2D eigenvalue weighted by Crippen LogP contribution is -2.51. The summed E-state index contributed by atoms with van der Waals surface area (Å²) in [5.74, 6) is -0.182. The molecule has 2 atom stereocenters. The van der Waals surface area contributed by atoms with Gasteiger partial charge in [0.1, 0.15) is 6.04 Å². The summed E-state index contributed by atoms with van der Waals surface area (Å²) in [5, 5.41) is 2.94. The van der Waals surface area contributed by atoms with Gasteiger partial charge in [0.25, 0.3) is 0 Å². The SMILES string of the molecule is C[C@H](CN1CCOCC1)NC(=O)[C@H]1CCCN1S(C)(=O)=O.